The van der Waals surface area contributed by atoms with Gasteiger partial charge in [0.05, 0.1) is 0 Å². The third-order valence-corrected chi connectivity index (χ3v) is 10.6. The molecule has 0 spiro atoms. The van der Waals surface area contributed by atoms with E-state index in [4.69, 9.17) is 0 Å². The molecule has 1 aliphatic rings. The van der Waals surface area contributed by atoms with Crippen LogP contribution in [0.3, 0.4) is 0 Å². The highest BCUT2D eigenvalue weighted by atomic mass is 79.9. The Labute approximate surface area is 234 Å². The van der Waals surface area contributed by atoms with E-state index in [1.54, 1.807) is 34.3 Å². The highest BCUT2D eigenvalue weighted by molar-refractivity contribution is 9.12. The Bertz CT molecular complexity index is 857. The molecule has 2 unspecified atom stereocenters. The summed E-state index contributed by atoms with van der Waals surface area (Å²) in [4.78, 5) is 38.9. The summed E-state index contributed by atoms with van der Waals surface area (Å²) in [6.07, 6.45) is 7.40. The second kappa shape index (κ2) is 14.0. The number of nitrogens with zero attached hydrogens (tertiary/aromatic N) is 4. The molecule has 1 aliphatic heterocycles. The van der Waals surface area contributed by atoms with Gasteiger partial charge in [-0.2, -0.15) is 0 Å². The number of hydrogen-bond acceptors (Lipinski definition) is 4. The van der Waals surface area contributed by atoms with Gasteiger partial charge in [-0.1, -0.05) is 75.9 Å². The van der Waals surface area contributed by atoms with Gasteiger partial charge in [0, 0.05) is 58.9 Å². The van der Waals surface area contributed by atoms with Gasteiger partial charge in [0.1, 0.15) is 11.4 Å². The zero-order chi connectivity index (χ0) is 24.5. The number of rotatable bonds is 10. The lowest BCUT2D eigenvalue weighted by atomic mass is 10.1. The maximum Gasteiger partial charge on any atom is 0.272 e. The summed E-state index contributed by atoms with van der Waals surface area (Å²) in [6, 6.07) is 7.55. The number of halogens is 4. The van der Waals surface area contributed by atoms with Crippen molar-refractivity contribution >= 4 is 75.5 Å². The lowest BCUT2D eigenvalue weighted by Crippen LogP contribution is -2.50. The summed E-state index contributed by atoms with van der Waals surface area (Å²) >= 11 is 14.1. The molecule has 0 N–H and O–H groups in total. The van der Waals surface area contributed by atoms with Crippen LogP contribution in [0.5, 0.6) is 0 Å². The molecule has 0 bridgehead atoms. The molecule has 3 rings (SSSR count). The molecule has 10 heteroatoms. The number of carbonyl (C=O) groups excluding carboxylic acids is 2. The fourth-order valence-electron chi connectivity index (χ4n) is 3.64. The average Bonchev–Trinajstić information content (AvgIpc) is 2.90. The standard InChI is InChI=1S/C24H28Br4N4O2/c25-13-19(27)5-1-17-3-7-21(29-15-17)23(33)31-9-11-32(12-10-31)24(34)22-8-4-18(16-30-22)2-6-20(28)14-26/h3-4,7-8,15-16,19-20H,1-2,5-6,9-14H2. The van der Waals surface area contributed by atoms with Gasteiger partial charge in [0.15, 0.2) is 0 Å². The zero-order valence-electron chi connectivity index (χ0n) is 18.8. The Morgan fingerprint density at radius 2 is 1.12 bits per heavy atom. The molecule has 0 aromatic carbocycles. The van der Waals surface area contributed by atoms with Gasteiger partial charge in [-0.05, 0) is 48.9 Å². The molecule has 0 aliphatic carbocycles. The van der Waals surface area contributed by atoms with Gasteiger partial charge in [0.2, 0.25) is 0 Å². The molecule has 2 aromatic heterocycles. The van der Waals surface area contributed by atoms with Crippen LogP contribution in [0.1, 0.15) is 44.9 Å². The van der Waals surface area contributed by atoms with Crippen LogP contribution in [0.2, 0.25) is 0 Å². The third kappa shape index (κ3) is 8.10. The maximum atomic E-state index is 12.9. The SMILES string of the molecule is O=C(c1ccc(CCC(Br)CBr)cn1)N1CCN(C(=O)c2ccc(CCC(Br)CBr)cn2)CC1. The Morgan fingerprint density at radius 1 is 0.735 bits per heavy atom. The van der Waals surface area contributed by atoms with Crippen LogP contribution in [0.4, 0.5) is 0 Å². The van der Waals surface area contributed by atoms with Crippen LogP contribution in [0.15, 0.2) is 36.7 Å². The van der Waals surface area contributed by atoms with Crippen LogP contribution in [-0.4, -0.2) is 78.1 Å². The monoisotopic (exact) mass is 720 g/mol. The van der Waals surface area contributed by atoms with Gasteiger partial charge >= 0.3 is 0 Å². The molecule has 1 fully saturated rings. The maximum absolute atomic E-state index is 12.9. The molecule has 3 heterocycles. The first-order valence-electron chi connectivity index (χ1n) is 11.3. The van der Waals surface area contributed by atoms with Crippen molar-refractivity contribution in [3.05, 3.63) is 59.2 Å². The highest BCUT2D eigenvalue weighted by Crippen LogP contribution is 2.16. The van der Waals surface area contributed by atoms with E-state index >= 15 is 0 Å². The van der Waals surface area contributed by atoms with E-state index in [9.17, 15) is 9.59 Å². The van der Waals surface area contributed by atoms with E-state index in [0.717, 1.165) is 47.5 Å². The molecule has 1 saturated heterocycles. The van der Waals surface area contributed by atoms with Gasteiger partial charge in [-0.25, -0.2) is 0 Å². The van der Waals surface area contributed by atoms with E-state index in [0.29, 0.717) is 47.2 Å². The first-order valence-corrected chi connectivity index (χ1v) is 15.4. The number of hydrogen-bond donors (Lipinski definition) is 0. The summed E-state index contributed by atoms with van der Waals surface area (Å²) in [6.45, 7) is 1.95. The van der Waals surface area contributed by atoms with Crippen LogP contribution < -0.4 is 0 Å². The second-order valence-corrected chi connectivity index (χ2v) is 12.2. The van der Waals surface area contributed by atoms with Gasteiger partial charge in [-0.15, -0.1) is 0 Å². The van der Waals surface area contributed by atoms with Crippen molar-refractivity contribution in [2.75, 3.05) is 36.8 Å². The number of aryl methyl sites for hydroxylation is 2. The third-order valence-electron chi connectivity index (χ3n) is 5.77. The number of amides is 2. The smallest absolute Gasteiger partial charge is 0.272 e. The second-order valence-electron chi connectivity index (χ2n) is 8.27. The van der Waals surface area contributed by atoms with E-state index in [1.165, 1.54) is 0 Å². The summed E-state index contributed by atoms with van der Waals surface area (Å²) in [5.74, 6) is -0.179. The molecular formula is C24H28Br4N4O2. The number of piperazine rings is 1. The molecule has 0 saturated carbocycles. The molecule has 0 radical (unpaired) electrons. The molecule has 184 valence electrons. The zero-order valence-corrected chi connectivity index (χ0v) is 25.2. The lowest BCUT2D eigenvalue weighted by Gasteiger charge is -2.34. The summed E-state index contributed by atoms with van der Waals surface area (Å²) in [5.41, 5.74) is 3.13. The Balaban J connectivity index is 1.48. The van der Waals surface area contributed by atoms with Crippen molar-refractivity contribution in [3.63, 3.8) is 0 Å². The predicted octanol–water partition coefficient (Wildman–Crippen LogP) is 5.26. The summed E-state index contributed by atoms with van der Waals surface area (Å²) in [5, 5.41) is 1.81. The molecular weight excluding hydrogens is 696 g/mol. The summed E-state index contributed by atoms with van der Waals surface area (Å²) in [7, 11) is 0. The van der Waals surface area contributed by atoms with Crippen LogP contribution in [0.25, 0.3) is 0 Å². The molecule has 6 nitrogen and oxygen atoms in total. The topological polar surface area (TPSA) is 66.4 Å². The minimum Gasteiger partial charge on any atom is -0.334 e. The van der Waals surface area contributed by atoms with E-state index in [1.807, 2.05) is 12.1 Å². The average molecular weight is 724 g/mol. The Hall–Kier alpha value is -0.840. The van der Waals surface area contributed by atoms with Crippen molar-refractivity contribution in [2.45, 2.75) is 35.3 Å². The van der Waals surface area contributed by atoms with E-state index in [-0.39, 0.29) is 11.8 Å². The highest BCUT2D eigenvalue weighted by Gasteiger charge is 2.26. The van der Waals surface area contributed by atoms with Crippen molar-refractivity contribution in [1.82, 2.24) is 19.8 Å². The minimum atomic E-state index is -0.0893. The van der Waals surface area contributed by atoms with E-state index in [2.05, 4.69) is 73.7 Å². The summed E-state index contributed by atoms with van der Waals surface area (Å²) < 4.78 is 0. The molecule has 2 amide bonds. The predicted molar refractivity (Wildman–Crippen MR) is 150 cm³/mol. The van der Waals surface area contributed by atoms with Gasteiger partial charge < -0.3 is 9.80 Å². The normalized spacial score (nSPS) is 15.8. The number of carbonyl (C=O) groups is 2. The van der Waals surface area contributed by atoms with Crippen molar-refractivity contribution in [3.8, 4) is 0 Å². The fourth-order valence-corrected chi connectivity index (χ4v) is 4.74. The fraction of sp³-hybridized carbons (Fsp3) is 0.500. The van der Waals surface area contributed by atoms with Crippen molar-refractivity contribution in [1.29, 1.82) is 0 Å². The molecule has 2 atom stereocenters. The minimum absolute atomic E-state index is 0.0893. The first-order chi connectivity index (χ1) is 16.4. The van der Waals surface area contributed by atoms with Gasteiger partial charge in [-0.3, -0.25) is 19.6 Å². The first kappa shape index (κ1) is 27.7. The van der Waals surface area contributed by atoms with Crippen molar-refractivity contribution < 1.29 is 9.59 Å². The largest absolute Gasteiger partial charge is 0.334 e. The Kier molecular flexibility index (Phi) is 11.5. The molecule has 2 aromatic rings. The van der Waals surface area contributed by atoms with Gasteiger partial charge in [0.25, 0.3) is 11.8 Å². The number of pyridine rings is 2. The van der Waals surface area contributed by atoms with Crippen LogP contribution in [-0.2, 0) is 12.8 Å². The molecule has 34 heavy (non-hydrogen) atoms. The Morgan fingerprint density at radius 3 is 1.41 bits per heavy atom. The number of alkyl halides is 4. The quantitative estimate of drug-likeness (QED) is 0.314. The van der Waals surface area contributed by atoms with Crippen LogP contribution in [0, 0.1) is 0 Å². The lowest BCUT2D eigenvalue weighted by molar-refractivity contribution is 0.0529. The number of aromatic nitrogens is 2. The van der Waals surface area contributed by atoms with Crippen LogP contribution >= 0.6 is 63.7 Å². The van der Waals surface area contributed by atoms with E-state index < -0.39 is 0 Å². The van der Waals surface area contributed by atoms with Crippen molar-refractivity contribution in [2.24, 2.45) is 0 Å².